The average molecular weight is 326 g/mol. The second kappa shape index (κ2) is 6.43. The minimum atomic E-state index is -3.89. The molecular weight excluding hydrogens is 308 g/mol. The first kappa shape index (κ1) is 16.8. The van der Waals surface area contributed by atoms with E-state index in [1.165, 1.54) is 18.7 Å². The Hall–Kier alpha value is -0.300. The second-order valence-corrected chi connectivity index (χ2v) is 9.83. The molecule has 0 aromatic carbocycles. The molecule has 1 rings (SSSR count). The first-order chi connectivity index (χ1) is 8.81. The topological polar surface area (TPSA) is 95.3 Å². The third-order valence-corrected chi connectivity index (χ3v) is 8.73. The van der Waals surface area contributed by atoms with Crippen LogP contribution in [-0.2, 0) is 19.9 Å². The molecule has 1 fully saturated rings. The molecule has 0 aromatic rings. The van der Waals surface area contributed by atoms with Crippen LogP contribution < -0.4 is 0 Å². The summed E-state index contributed by atoms with van der Waals surface area (Å²) in [5.74, 6) is 0.682. The lowest BCUT2D eigenvalue weighted by Crippen LogP contribution is -2.53. The van der Waals surface area contributed by atoms with E-state index in [1.54, 1.807) is 13.0 Å². The molecule has 1 aliphatic heterocycles. The third-order valence-electron chi connectivity index (χ3n) is 3.06. The highest BCUT2D eigenvalue weighted by atomic mass is 32.2. The molecule has 2 atom stereocenters. The van der Waals surface area contributed by atoms with Gasteiger partial charge in [-0.3, -0.25) is 0 Å². The van der Waals surface area contributed by atoms with Crippen molar-refractivity contribution in [3.8, 4) is 6.07 Å². The van der Waals surface area contributed by atoms with Gasteiger partial charge in [-0.15, -0.1) is 0 Å². The Morgan fingerprint density at radius 1 is 1.37 bits per heavy atom. The monoisotopic (exact) mass is 326 g/mol. The largest absolute Gasteiger partial charge is 0.231 e. The SMILES string of the molecule is CCC(C#N)S(=O)(=O)N1CCSCC1S(=O)(=O)CC. The molecule has 0 spiro atoms. The molecule has 19 heavy (non-hydrogen) atoms. The molecule has 0 bridgehead atoms. The van der Waals surface area contributed by atoms with Crippen molar-refractivity contribution < 1.29 is 16.8 Å². The Labute approximate surface area is 119 Å². The highest BCUT2D eigenvalue weighted by molar-refractivity contribution is 8.01. The summed E-state index contributed by atoms with van der Waals surface area (Å²) in [6.45, 7) is 3.25. The van der Waals surface area contributed by atoms with Crippen LogP contribution >= 0.6 is 11.8 Å². The van der Waals surface area contributed by atoms with E-state index in [4.69, 9.17) is 5.26 Å². The zero-order valence-corrected chi connectivity index (χ0v) is 13.4. The number of thioether (sulfide) groups is 1. The molecule has 2 unspecified atom stereocenters. The van der Waals surface area contributed by atoms with E-state index in [-0.39, 0.29) is 24.5 Å². The van der Waals surface area contributed by atoms with Gasteiger partial charge in [0.25, 0.3) is 0 Å². The molecule has 1 heterocycles. The van der Waals surface area contributed by atoms with Gasteiger partial charge >= 0.3 is 0 Å². The maximum absolute atomic E-state index is 12.4. The van der Waals surface area contributed by atoms with Crippen LogP contribution in [0, 0.1) is 11.3 Å². The molecule has 0 radical (unpaired) electrons. The van der Waals surface area contributed by atoms with Crippen LogP contribution in [0.5, 0.6) is 0 Å². The fourth-order valence-electron chi connectivity index (χ4n) is 1.86. The minimum absolute atomic E-state index is 0.104. The van der Waals surface area contributed by atoms with E-state index >= 15 is 0 Å². The average Bonchev–Trinajstić information content (AvgIpc) is 2.40. The predicted molar refractivity (Wildman–Crippen MR) is 75.9 cm³/mol. The summed E-state index contributed by atoms with van der Waals surface area (Å²) in [7, 11) is -7.37. The number of nitriles is 1. The number of hydrogen-bond acceptors (Lipinski definition) is 6. The van der Waals surface area contributed by atoms with Crippen molar-refractivity contribution in [1.82, 2.24) is 4.31 Å². The fraction of sp³-hybridized carbons (Fsp3) is 0.900. The van der Waals surface area contributed by atoms with Gasteiger partial charge < -0.3 is 0 Å². The van der Waals surface area contributed by atoms with Crippen molar-refractivity contribution in [3.63, 3.8) is 0 Å². The maximum atomic E-state index is 12.4. The fourth-order valence-corrected chi connectivity index (χ4v) is 7.30. The number of hydrogen-bond donors (Lipinski definition) is 0. The van der Waals surface area contributed by atoms with E-state index < -0.39 is 30.5 Å². The van der Waals surface area contributed by atoms with Crippen LogP contribution in [0.1, 0.15) is 20.3 Å². The number of nitrogens with zero attached hydrogens (tertiary/aromatic N) is 2. The summed E-state index contributed by atoms with van der Waals surface area (Å²) >= 11 is 1.42. The normalized spacial score (nSPS) is 23.7. The lowest BCUT2D eigenvalue weighted by Gasteiger charge is -2.34. The molecule has 0 aliphatic carbocycles. The van der Waals surface area contributed by atoms with Gasteiger partial charge in [-0.25, -0.2) is 16.8 Å². The van der Waals surface area contributed by atoms with Crippen molar-refractivity contribution in [3.05, 3.63) is 0 Å². The quantitative estimate of drug-likeness (QED) is 0.727. The standard InChI is InChI=1S/C10H18N2O4S3/c1-3-9(7-11)19(15,16)12-5-6-17-8-10(12)18(13,14)4-2/h9-10H,3-6,8H2,1-2H3. The van der Waals surface area contributed by atoms with Gasteiger partial charge in [0.2, 0.25) is 10.0 Å². The van der Waals surface area contributed by atoms with E-state index in [1.807, 2.05) is 0 Å². The minimum Gasteiger partial charge on any atom is -0.227 e. The Balaban J connectivity index is 3.19. The maximum Gasteiger partial charge on any atom is 0.231 e. The summed E-state index contributed by atoms with van der Waals surface area (Å²) in [6, 6.07) is 1.75. The molecule has 0 aromatic heterocycles. The third kappa shape index (κ3) is 3.42. The molecule has 0 amide bonds. The lowest BCUT2D eigenvalue weighted by atomic mass is 10.4. The molecule has 9 heteroatoms. The van der Waals surface area contributed by atoms with Crippen LogP contribution in [-0.4, -0.2) is 55.6 Å². The highest BCUT2D eigenvalue weighted by Crippen LogP contribution is 2.26. The number of sulfonamides is 1. The zero-order chi connectivity index (χ0) is 14.7. The van der Waals surface area contributed by atoms with E-state index in [9.17, 15) is 16.8 Å². The lowest BCUT2D eigenvalue weighted by molar-refractivity contribution is 0.400. The van der Waals surface area contributed by atoms with Crippen LogP contribution in [0.3, 0.4) is 0 Å². The Bertz CT molecular complexity index is 550. The molecule has 1 saturated heterocycles. The van der Waals surface area contributed by atoms with Crippen molar-refractivity contribution in [1.29, 1.82) is 5.26 Å². The van der Waals surface area contributed by atoms with Gasteiger partial charge in [0.15, 0.2) is 15.1 Å². The van der Waals surface area contributed by atoms with Gasteiger partial charge in [0.1, 0.15) is 5.37 Å². The van der Waals surface area contributed by atoms with Crippen LogP contribution in [0.15, 0.2) is 0 Å². The number of sulfone groups is 1. The zero-order valence-electron chi connectivity index (χ0n) is 10.9. The summed E-state index contributed by atoms with van der Waals surface area (Å²) in [6.07, 6.45) is 0.154. The molecule has 110 valence electrons. The summed E-state index contributed by atoms with van der Waals surface area (Å²) in [5, 5.41) is 6.71. The van der Waals surface area contributed by atoms with Gasteiger partial charge in [-0.05, 0) is 6.42 Å². The molecular formula is C10H18N2O4S3. The van der Waals surface area contributed by atoms with Crippen molar-refractivity contribution in [2.45, 2.75) is 30.9 Å². The highest BCUT2D eigenvalue weighted by Gasteiger charge is 2.42. The summed E-state index contributed by atoms with van der Waals surface area (Å²) in [5.41, 5.74) is 0. The summed E-state index contributed by atoms with van der Waals surface area (Å²) < 4.78 is 49.7. The van der Waals surface area contributed by atoms with Gasteiger partial charge in [0, 0.05) is 23.8 Å². The first-order valence-corrected chi connectivity index (χ1v) is 10.4. The molecule has 1 aliphatic rings. The second-order valence-electron chi connectivity index (χ2n) is 4.16. The van der Waals surface area contributed by atoms with E-state index in [2.05, 4.69) is 0 Å². The molecule has 0 N–H and O–H groups in total. The van der Waals surface area contributed by atoms with Crippen molar-refractivity contribution in [2.24, 2.45) is 0 Å². The predicted octanol–water partition coefficient (Wildman–Crippen LogP) is 0.428. The van der Waals surface area contributed by atoms with Gasteiger partial charge in [0.05, 0.1) is 6.07 Å². The molecule has 0 saturated carbocycles. The van der Waals surface area contributed by atoms with Gasteiger partial charge in [-0.2, -0.15) is 21.3 Å². The van der Waals surface area contributed by atoms with E-state index in [0.29, 0.717) is 5.75 Å². The van der Waals surface area contributed by atoms with Crippen LogP contribution in [0.25, 0.3) is 0 Å². The van der Waals surface area contributed by atoms with Crippen molar-refractivity contribution in [2.75, 3.05) is 23.8 Å². The first-order valence-electron chi connectivity index (χ1n) is 6.00. The Kier molecular flexibility index (Phi) is 5.67. The van der Waals surface area contributed by atoms with Crippen LogP contribution in [0.4, 0.5) is 0 Å². The van der Waals surface area contributed by atoms with Crippen LogP contribution in [0.2, 0.25) is 0 Å². The van der Waals surface area contributed by atoms with Gasteiger partial charge in [-0.1, -0.05) is 13.8 Å². The smallest absolute Gasteiger partial charge is 0.227 e. The van der Waals surface area contributed by atoms with E-state index in [0.717, 1.165) is 4.31 Å². The Morgan fingerprint density at radius 2 is 2.00 bits per heavy atom. The summed E-state index contributed by atoms with van der Waals surface area (Å²) in [4.78, 5) is 0. The number of rotatable bonds is 5. The van der Waals surface area contributed by atoms with Crippen molar-refractivity contribution >= 4 is 31.6 Å². The molecule has 6 nitrogen and oxygen atoms in total. The Morgan fingerprint density at radius 3 is 2.47 bits per heavy atom.